The average molecular weight is 501 g/mol. The number of aromatic nitrogens is 1. The molecule has 4 aromatic carbocycles. The standard InChI is InChI=1S/C28H24N2O3S2/c1-20-9-8-14-23(17-20)27(22-12-6-3-7-13-22)29-35(32,33)24-15-16-25-26(18-24)34-28(31)30(25)19-21-10-4-2-5-11-21/h2-18,27,29H,19H2,1H3. The maximum absolute atomic E-state index is 13.5. The summed E-state index contributed by atoms with van der Waals surface area (Å²) in [4.78, 5) is 12.7. The van der Waals surface area contributed by atoms with Crippen LogP contribution in [0.1, 0.15) is 28.3 Å². The molecule has 0 amide bonds. The molecule has 7 heteroatoms. The van der Waals surface area contributed by atoms with Crippen LogP contribution >= 0.6 is 11.3 Å². The summed E-state index contributed by atoms with van der Waals surface area (Å²) in [5, 5.41) is 0. The molecule has 1 aromatic heterocycles. The third kappa shape index (κ3) is 4.98. The topological polar surface area (TPSA) is 68.2 Å². The van der Waals surface area contributed by atoms with E-state index in [9.17, 15) is 13.2 Å². The van der Waals surface area contributed by atoms with Gasteiger partial charge in [0.05, 0.1) is 27.7 Å². The van der Waals surface area contributed by atoms with E-state index in [1.54, 1.807) is 22.8 Å². The van der Waals surface area contributed by atoms with E-state index >= 15 is 0 Å². The van der Waals surface area contributed by atoms with Crippen molar-refractivity contribution in [3.63, 3.8) is 0 Å². The number of hydrogen-bond donors (Lipinski definition) is 1. The van der Waals surface area contributed by atoms with Crippen LogP contribution in [0.4, 0.5) is 0 Å². The number of sulfonamides is 1. The summed E-state index contributed by atoms with van der Waals surface area (Å²) >= 11 is 1.06. The van der Waals surface area contributed by atoms with Crippen LogP contribution in [0, 0.1) is 6.92 Å². The predicted octanol–water partition coefficient (Wildman–Crippen LogP) is 5.49. The fourth-order valence-electron chi connectivity index (χ4n) is 4.18. The summed E-state index contributed by atoms with van der Waals surface area (Å²) < 4.78 is 32.2. The number of rotatable bonds is 7. The highest BCUT2D eigenvalue weighted by Gasteiger charge is 2.24. The van der Waals surface area contributed by atoms with Gasteiger partial charge in [-0.1, -0.05) is 102 Å². The van der Waals surface area contributed by atoms with Gasteiger partial charge in [0, 0.05) is 0 Å². The first-order chi connectivity index (χ1) is 16.9. The molecule has 0 saturated heterocycles. The van der Waals surface area contributed by atoms with Crippen molar-refractivity contribution in [3.05, 3.63) is 135 Å². The van der Waals surface area contributed by atoms with Gasteiger partial charge in [0.1, 0.15) is 0 Å². The summed E-state index contributed by atoms with van der Waals surface area (Å²) in [5.74, 6) is 0. The molecular formula is C28H24N2O3S2. The van der Waals surface area contributed by atoms with Crippen molar-refractivity contribution in [2.45, 2.75) is 24.4 Å². The molecule has 176 valence electrons. The third-order valence-corrected chi connectivity index (χ3v) is 8.28. The monoisotopic (exact) mass is 500 g/mol. The number of nitrogens with zero attached hydrogens (tertiary/aromatic N) is 1. The molecule has 0 aliphatic carbocycles. The molecule has 0 radical (unpaired) electrons. The minimum Gasteiger partial charge on any atom is -0.294 e. The maximum Gasteiger partial charge on any atom is 0.308 e. The van der Waals surface area contributed by atoms with Crippen molar-refractivity contribution >= 4 is 31.6 Å². The van der Waals surface area contributed by atoms with Crippen molar-refractivity contribution in [2.24, 2.45) is 0 Å². The van der Waals surface area contributed by atoms with Gasteiger partial charge in [-0.15, -0.1) is 0 Å². The summed E-state index contributed by atoms with van der Waals surface area (Å²) in [7, 11) is -3.88. The second-order valence-corrected chi connectivity index (χ2v) is 11.2. The zero-order chi connectivity index (χ0) is 24.4. The third-order valence-electron chi connectivity index (χ3n) is 5.91. The lowest BCUT2D eigenvalue weighted by Gasteiger charge is -2.20. The Bertz CT molecular complexity index is 1640. The Morgan fingerprint density at radius 3 is 2.23 bits per heavy atom. The molecule has 0 saturated carbocycles. The highest BCUT2D eigenvalue weighted by Crippen LogP contribution is 2.27. The van der Waals surface area contributed by atoms with E-state index in [0.29, 0.717) is 11.2 Å². The molecule has 5 nitrogen and oxygen atoms in total. The van der Waals surface area contributed by atoms with Gasteiger partial charge in [-0.2, -0.15) is 4.72 Å². The second-order valence-electron chi connectivity index (χ2n) is 8.45. The van der Waals surface area contributed by atoms with Crippen LogP contribution in [-0.4, -0.2) is 13.0 Å². The Morgan fingerprint density at radius 1 is 0.829 bits per heavy atom. The first-order valence-corrected chi connectivity index (χ1v) is 13.5. The lowest BCUT2D eigenvalue weighted by Crippen LogP contribution is -2.29. The Hall–Kier alpha value is -3.52. The van der Waals surface area contributed by atoms with Crippen LogP contribution < -0.4 is 9.60 Å². The van der Waals surface area contributed by atoms with E-state index in [0.717, 1.165) is 39.1 Å². The highest BCUT2D eigenvalue weighted by atomic mass is 32.2. The van der Waals surface area contributed by atoms with Crippen LogP contribution in [0.2, 0.25) is 0 Å². The Labute approximate surface area is 208 Å². The molecule has 0 spiro atoms. The summed E-state index contributed by atoms with van der Waals surface area (Å²) in [6.45, 7) is 2.42. The fourth-order valence-corrected chi connectivity index (χ4v) is 6.42. The van der Waals surface area contributed by atoms with Gasteiger partial charge in [0.25, 0.3) is 0 Å². The summed E-state index contributed by atoms with van der Waals surface area (Å²) in [5.41, 5.74) is 4.49. The molecule has 0 bridgehead atoms. The van der Waals surface area contributed by atoms with Crippen LogP contribution in [-0.2, 0) is 16.6 Å². The SMILES string of the molecule is Cc1cccc(C(NS(=O)(=O)c2ccc3c(c2)sc(=O)n3Cc2ccccc2)c2ccccc2)c1. The lowest BCUT2D eigenvalue weighted by atomic mass is 9.98. The van der Waals surface area contributed by atoms with E-state index in [1.165, 1.54) is 0 Å². The largest absolute Gasteiger partial charge is 0.308 e. The Morgan fingerprint density at radius 2 is 1.51 bits per heavy atom. The molecule has 5 aromatic rings. The number of aryl methyl sites for hydroxylation is 1. The van der Waals surface area contributed by atoms with Crippen LogP contribution in [0.15, 0.2) is 113 Å². The normalized spacial score (nSPS) is 12.6. The van der Waals surface area contributed by atoms with Gasteiger partial charge in [0.15, 0.2) is 0 Å². The summed E-state index contributed by atoms with van der Waals surface area (Å²) in [6, 6.07) is 31.4. The Kier molecular flexibility index (Phi) is 6.38. The van der Waals surface area contributed by atoms with Crippen molar-refractivity contribution in [1.29, 1.82) is 0 Å². The maximum atomic E-state index is 13.5. The van der Waals surface area contributed by atoms with E-state index in [-0.39, 0.29) is 9.77 Å². The molecule has 5 rings (SSSR count). The van der Waals surface area contributed by atoms with Gasteiger partial charge >= 0.3 is 4.87 Å². The van der Waals surface area contributed by atoms with Crippen molar-refractivity contribution in [2.75, 3.05) is 0 Å². The molecule has 1 atom stereocenters. The minimum atomic E-state index is -3.88. The lowest BCUT2D eigenvalue weighted by molar-refractivity contribution is 0.572. The van der Waals surface area contributed by atoms with E-state index in [1.807, 2.05) is 91.9 Å². The van der Waals surface area contributed by atoms with Gasteiger partial charge < -0.3 is 0 Å². The average Bonchev–Trinajstić information content (AvgIpc) is 3.18. The number of nitrogens with one attached hydrogen (secondary N) is 1. The van der Waals surface area contributed by atoms with Crippen LogP contribution in [0.3, 0.4) is 0 Å². The zero-order valence-corrected chi connectivity index (χ0v) is 20.7. The molecule has 35 heavy (non-hydrogen) atoms. The Balaban J connectivity index is 1.51. The molecule has 1 heterocycles. The predicted molar refractivity (Wildman–Crippen MR) is 141 cm³/mol. The smallest absolute Gasteiger partial charge is 0.294 e. The minimum absolute atomic E-state index is 0.117. The summed E-state index contributed by atoms with van der Waals surface area (Å²) in [6.07, 6.45) is 0. The number of thiazole rings is 1. The van der Waals surface area contributed by atoms with Crippen molar-refractivity contribution in [1.82, 2.24) is 9.29 Å². The second kappa shape index (κ2) is 9.62. The van der Waals surface area contributed by atoms with Gasteiger partial charge in [-0.25, -0.2) is 8.42 Å². The van der Waals surface area contributed by atoms with Crippen molar-refractivity contribution < 1.29 is 8.42 Å². The fraction of sp³-hybridized carbons (Fsp3) is 0.107. The number of benzene rings is 4. The zero-order valence-electron chi connectivity index (χ0n) is 19.1. The van der Waals surface area contributed by atoms with Gasteiger partial charge in [-0.3, -0.25) is 9.36 Å². The van der Waals surface area contributed by atoms with Crippen molar-refractivity contribution in [3.8, 4) is 0 Å². The van der Waals surface area contributed by atoms with Gasteiger partial charge in [-0.05, 0) is 41.8 Å². The molecular weight excluding hydrogens is 476 g/mol. The first-order valence-electron chi connectivity index (χ1n) is 11.2. The van der Waals surface area contributed by atoms with Gasteiger partial charge in [0.2, 0.25) is 10.0 Å². The molecule has 0 aliphatic heterocycles. The van der Waals surface area contributed by atoms with Crippen LogP contribution in [0.5, 0.6) is 0 Å². The molecule has 1 unspecified atom stereocenters. The molecule has 1 N–H and O–H groups in total. The quantitative estimate of drug-likeness (QED) is 0.321. The number of fused-ring (bicyclic) bond motifs is 1. The highest BCUT2D eigenvalue weighted by molar-refractivity contribution is 7.89. The van der Waals surface area contributed by atoms with E-state index < -0.39 is 16.1 Å². The van der Waals surface area contributed by atoms with E-state index in [4.69, 9.17) is 0 Å². The molecule has 0 fully saturated rings. The first kappa shape index (κ1) is 23.2. The van der Waals surface area contributed by atoms with E-state index in [2.05, 4.69) is 4.72 Å². The number of hydrogen-bond acceptors (Lipinski definition) is 4. The molecule has 0 aliphatic rings. The van der Waals surface area contributed by atoms with Crippen LogP contribution in [0.25, 0.3) is 10.2 Å².